The molecule has 0 amide bonds. The van der Waals surface area contributed by atoms with Crippen LogP contribution in [0, 0.1) is 75.5 Å². The molecule has 2 heterocycles. The van der Waals surface area contributed by atoms with Gasteiger partial charge in [-0.3, -0.25) is 9.68 Å². The van der Waals surface area contributed by atoms with Crippen molar-refractivity contribution in [3.63, 3.8) is 0 Å². The Hall–Kier alpha value is -1.74. The zero-order chi connectivity index (χ0) is 49.9. The Morgan fingerprint density at radius 3 is 1.02 bits per heavy atom. The number of hydrogen-bond acceptors (Lipinski definition) is 6. The average molecular weight is 882 g/mol. The lowest BCUT2D eigenvalue weighted by atomic mass is 9.76. The highest BCUT2D eigenvalue weighted by atomic mass is 16.7. The van der Waals surface area contributed by atoms with Crippen molar-refractivity contribution in [2.24, 2.45) is 65.1 Å². The van der Waals surface area contributed by atoms with Gasteiger partial charge in [0.2, 0.25) is 0 Å². The van der Waals surface area contributed by atoms with Gasteiger partial charge in [-0.2, -0.15) is 10.1 Å². The Bertz CT molecular complexity index is 1090. The monoisotopic (exact) mass is 881 g/mol. The largest absolute Gasteiger partial charge is 0.624 e. The summed E-state index contributed by atoms with van der Waals surface area (Å²) in [5.41, 5.74) is 0. The topological polar surface area (TPSA) is 77.1 Å². The van der Waals surface area contributed by atoms with Gasteiger partial charge in [-0.25, -0.2) is 9.48 Å². The number of rotatable bonds is 14. The predicted molar refractivity (Wildman–Crippen MR) is 277 cm³/mol. The van der Waals surface area contributed by atoms with Gasteiger partial charge in [-0.05, 0) is 109 Å². The first-order chi connectivity index (χ1) is 28.2. The van der Waals surface area contributed by atoms with E-state index in [1.54, 1.807) is 12.4 Å². The minimum absolute atomic E-state index is 0.0763. The van der Waals surface area contributed by atoms with Crippen LogP contribution in [0.5, 0.6) is 0 Å². The molecule has 62 heavy (non-hydrogen) atoms. The van der Waals surface area contributed by atoms with E-state index in [9.17, 15) is 10.4 Å². The molecule has 372 valence electrons. The smallest absolute Gasteiger partial charge is 0.157 e. The van der Waals surface area contributed by atoms with Crippen molar-refractivity contribution in [3.05, 3.63) is 35.2 Å². The highest BCUT2D eigenvalue weighted by molar-refractivity contribution is 5.54. The lowest BCUT2D eigenvalue weighted by molar-refractivity contribution is -0.489. The van der Waals surface area contributed by atoms with Crippen LogP contribution in [-0.2, 0) is 9.68 Å². The number of allylic oxidation sites excluding steroid dienone is 3. The molecule has 0 aromatic rings. The maximum atomic E-state index is 10.8. The number of nitrogens with zero attached hydrogens (tertiary/aromatic N) is 4. The number of hydroxylamine groups is 6. The molecule has 5 atom stereocenters. The summed E-state index contributed by atoms with van der Waals surface area (Å²) in [7, 11) is 0. The molecular formula is C54H112N4O4. The van der Waals surface area contributed by atoms with Gasteiger partial charge in [0.25, 0.3) is 0 Å². The van der Waals surface area contributed by atoms with Gasteiger partial charge in [0.15, 0.2) is 24.5 Å². The molecule has 8 heteroatoms. The fraction of sp³-hybridized carbons (Fsp3) is 0.889. The SMILES string of the molecule is C=CC(C)C.CC(C)/C=C\C(C)C.CC(C)/C=[N+](\[O-])C(C)C.CC(C)/C=[N+](\[O-])C(C)C.CC(C)C1CC(C(C)C)N(C(C)C)O1.CC(C)C1ON(C(C)C)C(C(C)C)C1C(C)C. The van der Waals surface area contributed by atoms with E-state index in [1.807, 2.05) is 61.5 Å². The normalized spacial score (nSPS) is 21.5. The van der Waals surface area contributed by atoms with Crippen molar-refractivity contribution >= 4 is 12.4 Å². The molecule has 0 aromatic carbocycles. The molecule has 8 nitrogen and oxygen atoms in total. The van der Waals surface area contributed by atoms with E-state index in [0.717, 1.165) is 9.48 Å². The first-order valence-electron chi connectivity index (χ1n) is 25.0. The highest BCUT2D eigenvalue weighted by Gasteiger charge is 2.47. The zero-order valence-electron chi connectivity index (χ0n) is 46.7. The zero-order valence-corrected chi connectivity index (χ0v) is 46.7. The summed E-state index contributed by atoms with van der Waals surface area (Å²) in [5, 5.41) is 26.1. The summed E-state index contributed by atoms with van der Waals surface area (Å²) in [6.45, 7) is 63.8. The van der Waals surface area contributed by atoms with Crippen LogP contribution in [0.15, 0.2) is 24.8 Å². The summed E-state index contributed by atoms with van der Waals surface area (Å²) in [4.78, 5) is 12.3. The molecule has 0 radical (unpaired) electrons. The standard InChI is InChI=1S/C15H31NO.C12H25NO.C8H16.2C7H15NO.C5H10/c1-9(2)13-14(10(3)4)16(12(7)8)17-15(13)11(5)6;1-8(2)11-7-12(9(3)4)14-13(11)10(5)6;1-7(2)5-6-8(3)4;2*1-6(2)5-8(9)7(3)4;1-4-5(2)3/h9-15H,1-8H3;8-12H,7H2,1-6H3;5-8H,1-4H3;2*5-7H,1-4H3;4-5H,1H2,2-3H3/b;;6-5-;2*8-5-;. The predicted octanol–water partition coefficient (Wildman–Crippen LogP) is 15.0. The Labute approximate surface area is 389 Å². The Morgan fingerprint density at radius 2 is 0.839 bits per heavy atom. The van der Waals surface area contributed by atoms with Gasteiger partial charge >= 0.3 is 0 Å². The van der Waals surface area contributed by atoms with Gasteiger partial charge in [-0.15, -0.1) is 6.58 Å². The molecule has 0 spiro atoms. The van der Waals surface area contributed by atoms with Crippen LogP contribution in [0.2, 0.25) is 0 Å². The number of hydrogen-bond donors (Lipinski definition) is 0. The van der Waals surface area contributed by atoms with Gasteiger partial charge in [-0.1, -0.05) is 157 Å². The molecular weight excluding hydrogens is 769 g/mol. The molecule has 0 N–H and O–H groups in total. The van der Waals surface area contributed by atoms with Gasteiger partial charge < -0.3 is 10.4 Å². The molecule has 0 aliphatic carbocycles. The second kappa shape index (κ2) is 35.5. The van der Waals surface area contributed by atoms with Crippen LogP contribution in [0.1, 0.15) is 200 Å². The van der Waals surface area contributed by atoms with Crippen LogP contribution in [0.25, 0.3) is 0 Å². The van der Waals surface area contributed by atoms with E-state index in [2.05, 4.69) is 167 Å². The highest BCUT2D eigenvalue weighted by Crippen LogP contribution is 2.41. The van der Waals surface area contributed by atoms with E-state index >= 15 is 0 Å². The first kappa shape index (κ1) is 66.9. The minimum atomic E-state index is 0.0763. The van der Waals surface area contributed by atoms with Crippen molar-refractivity contribution in [1.82, 2.24) is 10.1 Å². The second-order valence-corrected chi connectivity index (χ2v) is 22.3. The van der Waals surface area contributed by atoms with Crippen LogP contribution in [-0.4, -0.2) is 80.5 Å². The Kier molecular flexibility index (Phi) is 38.3. The molecule has 0 saturated carbocycles. The van der Waals surface area contributed by atoms with Gasteiger partial charge in [0.1, 0.15) is 0 Å². The van der Waals surface area contributed by atoms with Crippen LogP contribution >= 0.6 is 0 Å². The van der Waals surface area contributed by atoms with Crippen molar-refractivity contribution in [3.8, 4) is 0 Å². The molecule has 2 aliphatic rings. The Morgan fingerprint density at radius 1 is 0.468 bits per heavy atom. The quantitative estimate of drug-likeness (QED) is 0.0569. The van der Waals surface area contributed by atoms with E-state index in [4.69, 9.17) is 9.68 Å². The fourth-order valence-corrected chi connectivity index (χ4v) is 6.65. The molecule has 2 aliphatic heterocycles. The third-order valence-electron chi connectivity index (χ3n) is 10.3. The molecule has 2 saturated heterocycles. The molecule has 2 rings (SSSR count). The van der Waals surface area contributed by atoms with E-state index < -0.39 is 0 Å². The summed E-state index contributed by atoms with van der Waals surface area (Å²) in [5.74, 6) is 6.64. The fourth-order valence-electron chi connectivity index (χ4n) is 6.65. The Balaban J connectivity index is -0.000000340. The van der Waals surface area contributed by atoms with Crippen molar-refractivity contribution < 1.29 is 19.2 Å². The maximum absolute atomic E-state index is 10.8. The van der Waals surface area contributed by atoms with Gasteiger partial charge in [0.05, 0.1) is 12.2 Å². The molecule has 0 aromatic heterocycles. The average Bonchev–Trinajstić information content (AvgIpc) is 3.77. The third kappa shape index (κ3) is 32.0. The van der Waals surface area contributed by atoms with Crippen molar-refractivity contribution in [2.75, 3.05) is 0 Å². The van der Waals surface area contributed by atoms with Crippen molar-refractivity contribution in [2.45, 2.75) is 249 Å². The summed E-state index contributed by atoms with van der Waals surface area (Å²) in [6.07, 6.45) is 11.8. The first-order valence-corrected chi connectivity index (χ1v) is 25.0. The van der Waals surface area contributed by atoms with E-state index in [1.165, 1.54) is 6.42 Å². The molecule has 0 bridgehead atoms. The van der Waals surface area contributed by atoms with Crippen molar-refractivity contribution in [1.29, 1.82) is 0 Å². The third-order valence-corrected chi connectivity index (χ3v) is 10.3. The van der Waals surface area contributed by atoms with Crippen LogP contribution in [0.3, 0.4) is 0 Å². The van der Waals surface area contributed by atoms with E-state index in [-0.39, 0.29) is 12.1 Å². The minimum Gasteiger partial charge on any atom is -0.624 e. The summed E-state index contributed by atoms with van der Waals surface area (Å²) >= 11 is 0. The molecule has 2 fully saturated rings. The second-order valence-electron chi connectivity index (χ2n) is 22.3. The van der Waals surface area contributed by atoms with Crippen LogP contribution in [0.4, 0.5) is 0 Å². The maximum Gasteiger partial charge on any atom is 0.157 e. The van der Waals surface area contributed by atoms with Crippen LogP contribution < -0.4 is 0 Å². The summed E-state index contributed by atoms with van der Waals surface area (Å²) < 4.78 is 1.98. The van der Waals surface area contributed by atoms with Gasteiger partial charge in [0, 0.05) is 41.9 Å². The van der Waals surface area contributed by atoms with E-state index in [0.29, 0.717) is 101 Å². The lowest BCUT2D eigenvalue weighted by Crippen LogP contribution is -2.42. The summed E-state index contributed by atoms with van der Waals surface area (Å²) in [6, 6.07) is 2.27. The lowest BCUT2D eigenvalue weighted by Gasteiger charge is -2.33. The molecule has 5 unspecified atom stereocenters.